The number of piperidine rings is 1. The van der Waals surface area contributed by atoms with E-state index in [1.807, 2.05) is 30.3 Å². The second-order valence-corrected chi connectivity index (χ2v) is 10.8. The van der Waals surface area contributed by atoms with E-state index < -0.39 is 21.6 Å². The number of hydrogen-bond acceptors (Lipinski definition) is 6. The molecule has 0 aliphatic carbocycles. The summed E-state index contributed by atoms with van der Waals surface area (Å²) >= 11 is 1.17. The molecule has 0 bridgehead atoms. The molecule has 9 heteroatoms. The highest BCUT2D eigenvalue weighted by molar-refractivity contribution is 7.91. The van der Waals surface area contributed by atoms with E-state index in [4.69, 9.17) is 4.74 Å². The van der Waals surface area contributed by atoms with Crippen LogP contribution in [0.3, 0.4) is 0 Å². The predicted molar refractivity (Wildman–Crippen MR) is 117 cm³/mol. The van der Waals surface area contributed by atoms with Gasteiger partial charge in [-0.1, -0.05) is 36.4 Å². The Morgan fingerprint density at radius 1 is 1.16 bits per heavy atom. The zero-order valence-electron chi connectivity index (χ0n) is 17.2. The average molecular weight is 461 g/mol. The van der Waals surface area contributed by atoms with Crippen molar-refractivity contribution in [3.8, 4) is 0 Å². The predicted octanol–water partition coefficient (Wildman–Crippen LogP) is 2.50. The molecule has 7 nitrogen and oxygen atoms in total. The normalized spacial score (nSPS) is 18.9. The van der Waals surface area contributed by atoms with Gasteiger partial charge in [0.15, 0.2) is 0 Å². The van der Waals surface area contributed by atoms with Crippen molar-refractivity contribution >= 4 is 33.2 Å². The van der Waals surface area contributed by atoms with E-state index in [1.54, 1.807) is 24.4 Å². The number of benzene rings is 1. The molecule has 31 heavy (non-hydrogen) atoms. The second-order valence-electron chi connectivity index (χ2n) is 7.71. The topological polar surface area (TPSA) is 92.8 Å². The molecule has 1 amide bonds. The van der Waals surface area contributed by atoms with Gasteiger partial charge in [0.1, 0.15) is 9.81 Å². The van der Waals surface area contributed by atoms with Crippen LogP contribution < -0.4 is 5.32 Å². The van der Waals surface area contributed by atoms with Crippen molar-refractivity contribution in [2.24, 2.45) is 0 Å². The van der Waals surface area contributed by atoms with Gasteiger partial charge in [-0.15, -0.1) is 11.3 Å². The van der Waals surface area contributed by atoms with Crippen molar-refractivity contribution in [3.63, 3.8) is 0 Å². The summed E-state index contributed by atoms with van der Waals surface area (Å²) in [6.07, 6.45) is 1.18. The van der Waals surface area contributed by atoms with Gasteiger partial charge in [-0.3, -0.25) is 4.79 Å². The van der Waals surface area contributed by atoms with Gasteiger partial charge in [0, 0.05) is 38.0 Å². The number of ether oxygens (including phenoxy) is 1. The number of amides is 1. The molecule has 1 spiro atoms. The molecule has 0 unspecified atom stereocenters. The standard InChI is InChI=1S/C22H24N2O5S2/c1-16-19(20(25)23-12-9-17-6-3-2-4-7-17)22(29-21(16)26)10-13-24(14-11-22)31(27,28)18-8-5-15-30-18/h2-8,15H,9-14H2,1H3,(H,23,25). The van der Waals surface area contributed by atoms with Crippen molar-refractivity contribution in [3.05, 3.63) is 64.6 Å². The van der Waals surface area contributed by atoms with Crippen LogP contribution in [0.4, 0.5) is 0 Å². The molecule has 1 saturated heterocycles. The molecule has 164 valence electrons. The second kappa shape index (κ2) is 8.57. The fourth-order valence-corrected chi connectivity index (χ4v) is 6.74. The Morgan fingerprint density at radius 3 is 2.52 bits per heavy atom. The zero-order chi connectivity index (χ0) is 22.1. The summed E-state index contributed by atoms with van der Waals surface area (Å²) < 4.78 is 33.0. The highest BCUT2D eigenvalue weighted by Gasteiger charge is 2.52. The van der Waals surface area contributed by atoms with E-state index in [9.17, 15) is 18.0 Å². The van der Waals surface area contributed by atoms with Crippen molar-refractivity contribution in [1.29, 1.82) is 0 Å². The van der Waals surface area contributed by atoms with Crippen molar-refractivity contribution in [1.82, 2.24) is 9.62 Å². The Bertz CT molecular complexity index is 1100. The van der Waals surface area contributed by atoms with Crippen LogP contribution in [0.5, 0.6) is 0 Å². The van der Waals surface area contributed by atoms with Gasteiger partial charge in [-0.2, -0.15) is 4.31 Å². The first-order valence-corrected chi connectivity index (χ1v) is 12.5. The Hall–Kier alpha value is -2.49. The van der Waals surface area contributed by atoms with Crippen LogP contribution in [0.1, 0.15) is 25.3 Å². The van der Waals surface area contributed by atoms with Gasteiger partial charge in [-0.05, 0) is 30.4 Å². The first-order valence-electron chi connectivity index (χ1n) is 10.1. The molecule has 0 atom stereocenters. The number of rotatable bonds is 6. The molecule has 0 radical (unpaired) electrons. The largest absolute Gasteiger partial charge is 0.450 e. The first-order chi connectivity index (χ1) is 14.8. The van der Waals surface area contributed by atoms with Crippen LogP contribution in [0, 0.1) is 0 Å². The minimum atomic E-state index is -3.58. The Labute approximate surface area is 185 Å². The molecule has 0 saturated carbocycles. The van der Waals surface area contributed by atoms with Crippen molar-refractivity contribution < 1.29 is 22.7 Å². The Morgan fingerprint density at radius 2 is 1.87 bits per heavy atom. The summed E-state index contributed by atoms with van der Waals surface area (Å²) in [5.41, 5.74) is 0.666. The lowest BCUT2D eigenvalue weighted by molar-refractivity contribution is -0.150. The van der Waals surface area contributed by atoms with Crippen molar-refractivity contribution in [2.75, 3.05) is 19.6 Å². The van der Waals surface area contributed by atoms with E-state index in [1.165, 1.54) is 15.6 Å². The third-order valence-electron chi connectivity index (χ3n) is 5.81. The summed E-state index contributed by atoms with van der Waals surface area (Å²) in [7, 11) is -3.58. The minimum absolute atomic E-state index is 0.182. The third kappa shape index (κ3) is 4.17. The first kappa shape index (κ1) is 21.7. The molecule has 2 aromatic rings. The maximum absolute atomic E-state index is 13.0. The van der Waals surface area contributed by atoms with E-state index in [0.717, 1.165) is 5.56 Å². The molecule has 1 fully saturated rings. The number of hydrogen-bond donors (Lipinski definition) is 1. The lowest BCUT2D eigenvalue weighted by atomic mass is 9.83. The molecule has 3 heterocycles. The van der Waals surface area contributed by atoms with E-state index >= 15 is 0 Å². The SMILES string of the molecule is CC1=C(C(=O)NCCc2ccccc2)C2(CCN(S(=O)(=O)c3cccs3)CC2)OC1=O. The lowest BCUT2D eigenvalue weighted by Gasteiger charge is -2.38. The maximum Gasteiger partial charge on any atom is 0.335 e. The molecule has 2 aliphatic rings. The smallest absolute Gasteiger partial charge is 0.335 e. The summed E-state index contributed by atoms with van der Waals surface area (Å²) in [6.45, 7) is 2.39. The Kier molecular flexibility index (Phi) is 6.00. The molecule has 1 aromatic carbocycles. The van der Waals surface area contributed by atoms with Crippen LogP contribution in [-0.2, 0) is 30.8 Å². The molecule has 4 rings (SSSR count). The molecule has 1 N–H and O–H groups in total. The average Bonchev–Trinajstić information content (AvgIpc) is 3.37. The summed E-state index contributed by atoms with van der Waals surface area (Å²) in [6, 6.07) is 13.1. The Balaban J connectivity index is 1.45. The minimum Gasteiger partial charge on any atom is -0.450 e. The number of nitrogens with zero attached hydrogens (tertiary/aromatic N) is 1. The number of carbonyl (C=O) groups is 2. The highest BCUT2D eigenvalue weighted by Crippen LogP contribution is 2.42. The quantitative estimate of drug-likeness (QED) is 0.669. The monoisotopic (exact) mass is 460 g/mol. The molecular formula is C22H24N2O5S2. The van der Waals surface area contributed by atoms with Crippen LogP contribution in [0.15, 0.2) is 63.2 Å². The van der Waals surface area contributed by atoms with Gasteiger partial charge >= 0.3 is 5.97 Å². The van der Waals surface area contributed by atoms with Crippen LogP contribution in [0.2, 0.25) is 0 Å². The fraction of sp³-hybridized carbons (Fsp3) is 0.364. The third-order valence-corrected chi connectivity index (χ3v) is 9.08. The summed E-state index contributed by atoms with van der Waals surface area (Å²) in [5.74, 6) is -0.836. The van der Waals surface area contributed by atoms with E-state index in [2.05, 4.69) is 5.32 Å². The van der Waals surface area contributed by atoms with Crippen LogP contribution >= 0.6 is 11.3 Å². The number of nitrogens with one attached hydrogen (secondary N) is 1. The van der Waals surface area contributed by atoms with Crippen LogP contribution in [-0.4, -0.2) is 49.8 Å². The molecule has 2 aliphatic heterocycles. The fourth-order valence-electron chi connectivity index (χ4n) is 4.16. The van der Waals surface area contributed by atoms with Gasteiger partial charge in [0.2, 0.25) is 0 Å². The highest BCUT2D eigenvalue weighted by atomic mass is 32.2. The van der Waals surface area contributed by atoms with Gasteiger partial charge in [0.05, 0.1) is 5.57 Å². The summed E-state index contributed by atoms with van der Waals surface area (Å²) in [5, 5.41) is 4.62. The van der Waals surface area contributed by atoms with E-state index in [-0.39, 0.29) is 36.0 Å². The lowest BCUT2D eigenvalue weighted by Crippen LogP contribution is -2.50. The number of esters is 1. The van der Waals surface area contributed by atoms with Gasteiger partial charge < -0.3 is 10.1 Å². The zero-order valence-corrected chi connectivity index (χ0v) is 18.8. The maximum atomic E-state index is 13.0. The number of thiophene rings is 1. The van der Waals surface area contributed by atoms with Crippen LogP contribution in [0.25, 0.3) is 0 Å². The molecular weight excluding hydrogens is 436 g/mol. The van der Waals surface area contributed by atoms with Gasteiger partial charge in [-0.25, -0.2) is 13.2 Å². The van der Waals surface area contributed by atoms with E-state index in [0.29, 0.717) is 24.1 Å². The summed E-state index contributed by atoms with van der Waals surface area (Å²) in [4.78, 5) is 25.3. The molecule has 1 aromatic heterocycles. The number of sulfonamides is 1. The van der Waals surface area contributed by atoms with Gasteiger partial charge in [0.25, 0.3) is 15.9 Å². The van der Waals surface area contributed by atoms with Crippen molar-refractivity contribution in [2.45, 2.75) is 36.0 Å². The number of carbonyl (C=O) groups excluding carboxylic acids is 2.